The van der Waals surface area contributed by atoms with Gasteiger partial charge in [-0.15, -0.1) is 0 Å². The molecule has 0 radical (unpaired) electrons. The van der Waals surface area contributed by atoms with Gasteiger partial charge >= 0.3 is 11.9 Å². The van der Waals surface area contributed by atoms with E-state index in [1.165, 1.54) is 12.5 Å². The third kappa shape index (κ3) is 4.73. The highest BCUT2D eigenvalue weighted by atomic mass is 16.4. The molecule has 0 spiro atoms. The summed E-state index contributed by atoms with van der Waals surface area (Å²) in [5, 5.41) is 19.9. The summed E-state index contributed by atoms with van der Waals surface area (Å²) in [5.41, 5.74) is 2.19. The molecule has 1 aromatic rings. The molecule has 0 heterocycles. The Hall–Kier alpha value is -1.84. The second-order valence-electron chi connectivity index (χ2n) is 11.8. The van der Waals surface area contributed by atoms with Crippen molar-refractivity contribution in [3.05, 3.63) is 34.4 Å². The number of hydrogen-bond acceptors (Lipinski definition) is 2. The van der Waals surface area contributed by atoms with Crippen molar-refractivity contribution in [1.29, 1.82) is 0 Å². The molecule has 2 aliphatic rings. The summed E-state index contributed by atoms with van der Waals surface area (Å²) in [6.07, 6.45) is 6.17. The standard InChI is InChI=1S/C26H38O4/c1-15-9-17(13-25(3,4)11-15)19-7-8-20(23(27)28)22(24(29)30)21(19)18-10-16(2)12-26(5,6)14-18/h7-8,15-18H,9-14H2,1-6H3,(H,27,28)(H,29,30)/t15-,16-,17+,18+/m0/s1. The third-order valence-electron chi connectivity index (χ3n) is 7.35. The van der Waals surface area contributed by atoms with E-state index in [2.05, 4.69) is 41.5 Å². The predicted octanol–water partition coefficient (Wildman–Crippen LogP) is 6.94. The lowest BCUT2D eigenvalue weighted by molar-refractivity contribution is 0.0648. The normalized spacial score (nSPS) is 30.6. The van der Waals surface area contributed by atoms with Crippen LogP contribution >= 0.6 is 0 Å². The molecule has 0 aromatic heterocycles. The molecule has 0 bridgehead atoms. The van der Waals surface area contributed by atoms with Crippen molar-refractivity contribution < 1.29 is 19.8 Å². The molecule has 0 saturated heterocycles. The summed E-state index contributed by atoms with van der Waals surface area (Å²) in [5.74, 6) is -0.835. The fourth-order valence-electron chi connectivity index (χ4n) is 6.99. The first-order valence-electron chi connectivity index (χ1n) is 11.4. The molecule has 3 rings (SSSR count). The Balaban J connectivity index is 2.21. The van der Waals surface area contributed by atoms with Crippen LogP contribution in [-0.4, -0.2) is 22.2 Å². The highest BCUT2D eigenvalue weighted by molar-refractivity contribution is 6.03. The van der Waals surface area contributed by atoms with Gasteiger partial charge in [0.15, 0.2) is 0 Å². The van der Waals surface area contributed by atoms with E-state index >= 15 is 0 Å². The van der Waals surface area contributed by atoms with Gasteiger partial charge in [0.25, 0.3) is 0 Å². The first kappa shape index (κ1) is 22.8. The van der Waals surface area contributed by atoms with E-state index in [0.29, 0.717) is 11.8 Å². The molecule has 0 amide bonds. The largest absolute Gasteiger partial charge is 0.478 e. The van der Waals surface area contributed by atoms with Crippen molar-refractivity contribution in [1.82, 2.24) is 0 Å². The van der Waals surface area contributed by atoms with Crippen LogP contribution in [0.4, 0.5) is 0 Å². The molecule has 0 aliphatic heterocycles. The Kier molecular flexibility index (Phi) is 6.10. The Bertz CT molecular complexity index is 836. The predicted molar refractivity (Wildman–Crippen MR) is 119 cm³/mol. The summed E-state index contributed by atoms with van der Waals surface area (Å²) in [6.45, 7) is 13.6. The zero-order valence-corrected chi connectivity index (χ0v) is 19.4. The van der Waals surface area contributed by atoms with Crippen LogP contribution in [0.25, 0.3) is 0 Å². The molecule has 2 N–H and O–H groups in total. The van der Waals surface area contributed by atoms with Gasteiger partial charge in [-0.25, -0.2) is 9.59 Å². The minimum absolute atomic E-state index is 0.0333. The van der Waals surface area contributed by atoms with Crippen LogP contribution in [0, 0.1) is 22.7 Å². The highest BCUT2D eigenvalue weighted by Gasteiger charge is 2.40. The van der Waals surface area contributed by atoms with Crippen LogP contribution in [0.3, 0.4) is 0 Å². The number of benzene rings is 1. The van der Waals surface area contributed by atoms with E-state index in [1.54, 1.807) is 0 Å². The lowest BCUT2D eigenvalue weighted by Gasteiger charge is -2.43. The summed E-state index contributed by atoms with van der Waals surface area (Å²) >= 11 is 0. The second-order valence-corrected chi connectivity index (χ2v) is 11.8. The number of hydrogen-bond donors (Lipinski definition) is 2. The van der Waals surface area contributed by atoms with E-state index in [-0.39, 0.29) is 33.8 Å². The van der Waals surface area contributed by atoms with Gasteiger partial charge in [0, 0.05) is 0 Å². The molecule has 166 valence electrons. The van der Waals surface area contributed by atoms with Crippen LogP contribution < -0.4 is 0 Å². The minimum Gasteiger partial charge on any atom is -0.478 e. The zero-order chi connectivity index (χ0) is 22.4. The quantitative estimate of drug-likeness (QED) is 0.559. The zero-order valence-electron chi connectivity index (χ0n) is 19.4. The number of aromatic carboxylic acids is 2. The van der Waals surface area contributed by atoms with Gasteiger partial charge in [-0.1, -0.05) is 47.6 Å². The number of carboxylic acids is 2. The fraction of sp³-hybridized carbons (Fsp3) is 0.692. The van der Waals surface area contributed by atoms with Gasteiger partial charge < -0.3 is 10.2 Å². The molecule has 2 aliphatic carbocycles. The Morgan fingerprint density at radius 3 is 1.77 bits per heavy atom. The summed E-state index contributed by atoms with van der Waals surface area (Å²) in [6, 6.07) is 3.48. The van der Waals surface area contributed by atoms with Crippen molar-refractivity contribution in [3.8, 4) is 0 Å². The lowest BCUT2D eigenvalue weighted by atomic mass is 9.61. The number of carbonyl (C=O) groups is 2. The third-order valence-corrected chi connectivity index (χ3v) is 7.35. The van der Waals surface area contributed by atoms with Crippen molar-refractivity contribution >= 4 is 11.9 Å². The van der Waals surface area contributed by atoms with Gasteiger partial charge in [-0.3, -0.25) is 0 Å². The minimum atomic E-state index is -1.15. The van der Waals surface area contributed by atoms with Crippen molar-refractivity contribution in [2.45, 2.75) is 91.9 Å². The molecule has 30 heavy (non-hydrogen) atoms. The maximum atomic E-state index is 12.4. The van der Waals surface area contributed by atoms with Crippen LogP contribution in [0.1, 0.15) is 124 Å². The van der Waals surface area contributed by atoms with Crippen LogP contribution in [0.5, 0.6) is 0 Å². The van der Waals surface area contributed by atoms with E-state index in [9.17, 15) is 19.8 Å². The van der Waals surface area contributed by atoms with E-state index in [4.69, 9.17) is 0 Å². The SMILES string of the molecule is C[C@H]1C[C@@H](c2ccc(C(=O)O)c(C(=O)O)c2[C@@H]2C[C@H](C)CC(C)(C)C2)CC(C)(C)C1. The van der Waals surface area contributed by atoms with Crippen molar-refractivity contribution in [2.24, 2.45) is 22.7 Å². The Morgan fingerprint density at radius 2 is 1.30 bits per heavy atom. The van der Waals surface area contributed by atoms with E-state index in [1.807, 2.05) is 6.07 Å². The maximum Gasteiger partial charge on any atom is 0.336 e. The fourth-order valence-corrected chi connectivity index (χ4v) is 6.99. The Labute approximate surface area is 181 Å². The average molecular weight is 415 g/mol. The smallest absolute Gasteiger partial charge is 0.336 e. The van der Waals surface area contributed by atoms with Crippen LogP contribution in [-0.2, 0) is 0 Å². The molecule has 0 unspecified atom stereocenters. The Morgan fingerprint density at radius 1 is 0.800 bits per heavy atom. The monoisotopic (exact) mass is 414 g/mol. The molecule has 4 nitrogen and oxygen atoms in total. The van der Waals surface area contributed by atoms with Crippen molar-refractivity contribution in [2.75, 3.05) is 0 Å². The molecular formula is C26H38O4. The van der Waals surface area contributed by atoms with Crippen molar-refractivity contribution in [3.63, 3.8) is 0 Å². The molecule has 2 saturated carbocycles. The first-order valence-corrected chi connectivity index (χ1v) is 11.4. The van der Waals surface area contributed by atoms with E-state index in [0.717, 1.165) is 43.2 Å². The van der Waals surface area contributed by atoms with E-state index < -0.39 is 11.9 Å². The maximum absolute atomic E-state index is 12.4. The van der Waals surface area contributed by atoms with Gasteiger partial charge in [0.05, 0.1) is 11.1 Å². The molecular weight excluding hydrogens is 376 g/mol. The molecule has 1 aromatic carbocycles. The summed E-state index contributed by atoms with van der Waals surface area (Å²) in [4.78, 5) is 24.3. The van der Waals surface area contributed by atoms with Gasteiger partial charge in [-0.2, -0.15) is 0 Å². The van der Waals surface area contributed by atoms with Crippen LogP contribution in [0.15, 0.2) is 12.1 Å². The second kappa shape index (κ2) is 8.01. The topological polar surface area (TPSA) is 74.6 Å². The number of carboxylic acid groups (broad SMARTS) is 2. The average Bonchev–Trinajstić information content (AvgIpc) is 2.56. The first-order chi connectivity index (χ1) is 13.8. The summed E-state index contributed by atoms with van der Waals surface area (Å²) in [7, 11) is 0. The summed E-state index contributed by atoms with van der Waals surface area (Å²) < 4.78 is 0. The molecule has 4 atom stereocenters. The van der Waals surface area contributed by atoms with Crippen LogP contribution in [0.2, 0.25) is 0 Å². The van der Waals surface area contributed by atoms with Gasteiger partial charge in [0.2, 0.25) is 0 Å². The van der Waals surface area contributed by atoms with Gasteiger partial charge in [0.1, 0.15) is 0 Å². The lowest BCUT2D eigenvalue weighted by Crippen LogP contribution is -2.31. The molecule has 4 heteroatoms. The molecule has 2 fully saturated rings. The number of rotatable bonds is 4. The highest BCUT2D eigenvalue weighted by Crippen LogP contribution is 2.52. The van der Waals surface area contributed by atoms with Gasteiger partial charge in [-0.05, 0) is 90.2 Å².